The summed E-state index contributed by atoms with van der Waals surface area (Å²) in [6.45, 7) is 1.22. The summed E-state index contributed by atoms with van der Waals surface area (Å²) in [6.07, 6.45) is 1.75. The van der Waals surface area contributed by atoms with Crippen LogP contribution in [0.1, 0.15) is 23.2 Å². The number of hydrogen-bond acceptors (Lipinski definition) is 4. The molecule has 3 aromatic rings. The second-order valence-electron chi connectivity index (χ2n) is 7.03. The molecule has 0 radical (unpaired) electrons. The van der Waals surface area contributed by atoms with E-state index in [1.54, 1.807) is 12.0 Å². The number of nitrogens with zero attached hydrogens (tertiary/aromatic N) is 3. The van der Waals surface area contributed by atoms with Gasteiger partial charge < -0.3 is 9.64 Å². The van der Waals surface area contributed by atoms with Crippen molar-refractivity contribution in [1.29, 1.82) is 5.26 Å². The van der Waals surface area contributed by atoms with E-state index in [1.165, 1.54) is 0 Å². The van der Waals surface area contributed by atoms with E-state index in [4.69, 9.17) is 10.00 Å². The SMILES string of the molecule is COc1nc2ccccc2cc1-c1ccc(C(=O)N2CCCC(C#N)C2)cc1. The Morgan fingerprint density at radius 1 is 1.21 bits per heavy atom. The van der Waals surface area contributed by atoms with Crippen LogP contribution in [0.25, 0.3) is 22.0 Å². The zero-order valence-electron chi connectivity index (χ0n) is 15.8. The largest absolute Gasteiger partial charge is 0.481 e. The van der Waals surface area contributed by atoms with E-state index < -0.39 is 0 Å². The third-order valence-corrected chi connectivity index (χ3v) is 5.22. The van der Waals surface area contributed by atoms with Gasteiger partial charge >= 0.3 is 0 Å². The number of aromatic nitrogens is 1. The predicted molar refractivity (Wildman–Crippen MR) is 108 cm³/mol. The number of amides is 1. The average Bonchev–Trinajstić information content (AvgIpc) is 2.77. The van der Waals surface area contributed by atoms with Crippen molar-refractivity contribution in [2.24, 2.45) is 5.92 Å². The lowest BCUT2D eigenvalue weighted by Crippen LogP contribution is -2.39. The molecule has 0 bridgehead atoms. The minimum Gasteiger partial charge on any atom is -0.481 e. The normalized spacial score (nSPS) is 16.6. The van der Waals surface area contributed by atoms with Crippen LogP contribution in [0, 0.1) is 17.2 Å². The third kappa shape index (κ3) is 3.41. The van der Waals surface area contributed by atoms with Crippen molar-refractivity contribution in [3.05, 3.63) is 60.2 Å². The van der Waals surface area contributed by atoms with E-state index in [-0.39, 0.29) is 11.8 Å². The first-order chi connectivity index (χ1) is 13.7. The second-order valence-corrected chi connectivity index (χ2v) is 7.03. The number of methoxy groups -OCH3 is 1. The van der Waals surface area contributed by atoms with Gasteiger partial charge in [0.2, 0.25) is 5.88 Å². The highest BCUT2D eigenvalue weighted by Crippen LogP contribution is 2.32. The van der Waals surface area contributed by atoms with Gasteiger partial charge in [0.25, 0.3) is 5.91 Å². The summed E-state index contributed by atoms with van der Waals surface area (Å²) in [6, 6.07) is 19.8. The Bertz CT molecular complexity index is 1050. The van der Waals surface area contributed by atoms with Gasteiger partial charge in [-0.25, -0.2) is 4.98 Å². The Morgan fingerprint density at radius 3 is 2.75 bits per heavy atom. The number of piperidine rings is 1. The van der Waals surface area contributed by atoms with Crippen molar-refractivity contribution >= 4 is 16.8 Å². The van der Waals surface area contributed by atoms with E-state index in [0.717, 1.165) is 34.9 Å². The summed E-state index contributed by atoms with van der Waals surface area (Å²) in [5.74, 6) is 0.477. The smallest absolute Gasteiger partial charge is 0.253 e. The highest BCUT2D eigenvalue weighted by molar-refractivity contribution is 5.95. The molecule has 0 saturated carbocycles. The van der Waals surface area contributed by atoms with Crippen LogP contribution >= 0.6 is 0 Å². The Hall–Kier alpha value is -3.39. The van der Waals surface area contributed by atoms with Gasteiger partial charge in [-0.2, -0.15) is 5.26 Å². The Balaban J connectivity index is 1.62. The number of pyridine rings is 1. The van der Waals surface area contributed by atoms with Crippen molar-refractivity contribution in [1.82, 2.24) is 9.88 Å². The van der Waals surface area contributed by atoms with Crippen LogP contribution in [0.5, 0.6) is 5.88 Å². The zero-order chi connectivity index (χ0) is 19.5. The van der Waals surface area contributed by atoms with E-state index in [2.05, 4.69) is 17.1 Å². The van der Waals surface area contributed by atoms with Gasteiger partial charge in [-0.1, -0.05) is 30.3 Å². The van der Waals surface area contributed by atoms with E-state index in [0.29, 0.717) is 24.5 Å². The Labute approximate surface area is 164 Å². The molecule has 0 aliphatic carbocycles. The van der Waals surface area contributed by atoms with Gasteiger partial charge in [-0.15, -0.1) is 0 Å². The number of hydrogen-bond donors (Lipinski definition) is 0. The third-order valence-electron chi connectivity index (χ3n) is 5.22. The maximum absolute atomic E-state index is 12.8. The number of ether oxygens (including phenoxy) is 1. The van der Waals surface area contributed by atoms with Gasteiger partial charge in [0.1, 0.15) is 0 Å². The number of carbonyl (C=O) groups is 1. The molecule has 1 saturated heterocycles. The van der Waals surface area contributed by atoms with Gasteiger partial charge in [0.05, 0.1) is 24.6 Å². The van der Waals surface area contributed by atoms with Crippen molar-refractivity contribution in [2.45, 2.75) is 12.8 Å². The molecule has 1 fully saturated rings. The summed E-state index contributed by atoms with van der Waals surface area (Å²) < 4.78 is 5.49. The number of fused-ring (bicyclic) bond motifs is 1. The maximum atomic E-state index is 12.8. The molecule has 0 N–H and O–H groups in total. The average molecular weight is 371 g/mol. The molecule has 28 heavy (non-hydrogen) atoms. The highest BCUT2D eigenvalue weighted by Gasteiger charge is 2.24. The molecular formula is C23H21N3O2. The van der Waals surface area contributed by atoms with Crippen molar-refractivity contribution in [3.8, 4) is 23.1 Å². The zero-order valence-corrected chi connectivity index (χ0v) is 15.8. The van der Waals surface area contributed by atoms with Gasteiger partial charge in [0, 0.05) is 29.6 Å². The first-order valence-electron chi connectivity index (χ1n) is 9.42. The van der Waals surface area contributed by atoms with Crippen LogP contribution in [0.15, 0.2) is 54.6 Å². The molecule has 1 unspecified atom stereocenters. The molecule has 5 heteroatoms. The molecule has 1 aliphatic rings. The number of benzene rings is 2. The molecule has 1 atom stereocenters. The molecule has 2 heterocycles. The molecular weight excluding hydrogens is 350 g/mol. The topological polar surface area (TPSA) is 66.2 Å². The quantitative estimate of drug-likeness (QED) is 0.689. The standard InChI is InChI=1S/C23H21N3O2/c1-28-22-20(13-19-6-2-3-7-21(19)25-22)17-8-10-18(11-9-17)23(27)26-12-4-5-16(14-24)15-26/h2-3,6-11,13,16H,4-5,12,15H2,1H3. The first kappa shape index (κ1) is 18.0. The van der Waals surface area contributed by atoms with Crippen LogP contribution in [0.3, 0.4) is 0 Å². The lowest BCUT2D eigenvalue weighted by molar-refractivity contribution is 0.0699. The summed E-state index contributed by atoms with van der Waals surface area (Å²) in [5, 5.41) is 10.2. The first-order valence-corrected chi connectivity index (χ1v) is 9.42. The molecule has 4 rings (SSSR count). The van der Waals surface area contributed by atoms with E-state index >= 15 is 0 Å². The Morgan fingerprint density at radius 2 is 2.00 bits per heavy atom. The maximum Gasteiger partial charge on any atom is 0.253 e. The second kappa shape index (κ2) is 7.69. The molecule has 5 nitrogen and oxygen atoms in total. The number of rotatable bonds is 3. The summed E-state index contributed by atoms with van der Waals surface area (Å²) in [4.78, 5) is 19.2. The van der Waals surface area contributed by atoms with Crippen LogP contribution in [-0.2, 0) is 0 Å². The number of carbonyl (C=O) groups excluding carboxylic acids is 1. The van der Waals surface area contributed by atoms with E-state index in [9.17, 15) is 4.79 Å². The van der Waals surface area contributed by atoms with Gasteiger partial charge in [-0.3, -0.25) is 4.79 Å². The molecule has 1 aromatic heterocycles. The summed E-state index contributed by atoms with van der Waals surface area (Å²) in [7, 11) is 1.61. The molecule has 0 spiro atoms. The molecule has 1 amide bonds. The summed E-state index contributed by atoms with van der Waals surface area (Å²) in [5.41, 5.74) is 3.35. The minimum atomic E-state index is -0.0649. The molecule has 1 aliphatic heterocycles. The van der Waals surface area contributed by atoms with Crippen molar-refractivity contribution in [3.63, 3.8) is 0 Å². The fourth-order valence-corrected chi connectivity index (χ4v) is 3.70. The molecule has 2 aromatic carbocycles. The van der Waals surface area contributed by atoms with Gasteiger partial charge in [0.15, 0.2) is 0 Å². The van der Waals surface area contributed by atoms with Gasteiger partial charge in [-0.05, 0) is 42.7 Å². The predicted octanol–water partition coefficient (Wildman–Crippen LogP) is 4.29. The lowest BCUT2D eigenvalue weighted by Gasteiger charge is -2.29. The lowest BCUT2D eigenvalue weighted by atomic mass is 9.98. The summed E-state index contributed by atoms with van der Waals surface area (Å²) >= 11 is 0. The minimum absolute atomic E-state index is 0.0184. The van der Waals surface area contributed by atoms with Crippen LogP contribution in [0.4, 0.5) is 0 Å². The van der Waals surface area contributed by atoms with Crippen molar-refractivity contribution < 1.29 is 9.53 Å². The monoisotopic (exact) mass is 371 g/mol. The highest BCUT2D eigenvalue weighted by atomic mass is 16.5. The van der Waals surface area contributed by atoms with Crippen LogP contribution < -0.4 is 4.74 Å². The number of para-hydroxylation sites is 1. The van der Waals surface area contributed by atoms with Crippen LogP contribution in [-0.4, -0.2) is 36.0 Å². The fourth-order valence-electron chi connectivity index (χ4n) is 3.70. The van der Waals surface area contributed by atoms with Crippen LogP contribution in [0.2, 0.25) is 0 Å². The van der Waals surface area contributed by atoms with E-state index in [1.807, 2.05) is 48.5 Å². The number of likely N-dealkylation sites (tertiary alicyclic amines) is 1. The Kier molecular flexibility index (Phi) is 4.94. The number of nitriles is 1. The fraction of sp³-hybridized carbons (Fsp3) is 0.261. The van der Waals surface area contributed by atoms with Crippen molar-refractivity contribution in [2.75, 3.05) is 20.2 Å². The molecule has 140 valence electrons.